The highest BCUT2D eigenvalue weighted by atomic mass is 16.5. The van der Waals surface area contributed by atoms with Crippen molar-refractivity contribution in [1.82, 2.24) is 25.5 Å². The zero-order chi connectivity index (χ0) is 36.9. The summed E-state index contributed by atoms with van der Waals surface area (Å²) >= 11 is 0. The molecule has 3 aliphatic rings. The van der Waals surface area contributed by atoms with Crippen molar-refractivity contribution in [2.75, 3.05) is 48.9 Å². The second-order valence-electron chi connectivity index (χ2n) is 14.5. The van der Waals surface area contributed by atoms with Crippen LogP contribution in [-0.4, -0.2) is 101 Å². The first-order chi connectivity index (χ1) is 24.4. The number of carbonyl (C=O) groups is 4. The van der Waals surface area contributed by atoms with E-state index in [2.05, 4.69) is 30.7 Å². The normalized spacial score (nSPS) is 19.8. The zero-order valence-electron chi connectivity index (χ0n) is 30.8. The number of likely N-dealkylation sites (N-methyl/N-ethyl adjacent to an activating group) is 1. The number of carbonyl (C=O) groups excluding carboxylic acids is 3. The lowest BCUT2D eigenvalue weighted by atomic mass is 9.88. The van der Waals surface area contributed by atoms with E-state index in [4.69, 9.17) is 9.72 Å². The number of aromatic nitrogens is 2. The number of rotatable bonds is 14. The molecule has 1 saturated carbocycles. The molecule has 5 rings (SSSR count). The van der Waals surface area contributed by atoms with E-state index in [1.54, 1.807) is 64.2 Å². The number of fused-ring (bicyclic) bond motifs is 1. The monoisotopic (exact) mass is 706 g/mol. The molecule has 0 bridgehead atoms. The third-order valence-electron chi connectivity index (χ3n) is 10.9. The molecule has 14 heteroatoms. The molecule has 3 heterocycles. The van der Waals surface area contributed by atoms with Crippen molar-refractivity contribution in [2.24, 2.45) is 5.92 Å². The van der Waals surface area contributed by atoms with Gasteiger partial charge in [-0.15, -0.1) is 0 Å². The minimum absolute atomic E-state index is 0.0202. The van der Waals surface area contributed by atoms with Gasteiger partial charge in [0, 0.05) is 44.2 Å². The molecule has 51 heavy (non-hydrogen) atoms. The number of ether oxygens (including phenoxy) is 1. The smallest absolute Gasteiger partial charge is 0.329 e. The Morgan fingerprint density at radius 1 is 1.12 bits per heavy atom. The second kappa shape index (κ2) is 16.3. The number of amides is 3. The summed E-state index contributed by atoms with van der Waals surface area (Å²) in [6.45, 7) is 9.45. The van der Waals surface area contributed by atoms with Crippen molar-refractivity contribution < 1.29 is 29.0 Å². The van der Waals surface area contributed by atoms with Crippen molar-refractivity contribution in [2.45, 2.75) is 109 Å². The average molecular weight is 707 g/mol. The molecule has 1 aromatic carbocycles. The first kappa shape index (κ1) is 37.8. The second-order valence-corrected chi connectivity index (χ2v) is 14.5. The Balaban J connectivity index is 1.15. The van der Waals surface area contributed by atoms with Gasteiger partial charge in [0.05, 0.1) is 19.0 Å². The first-order valence-corrected chi connectivity index (χ1v) is 18.3. The predicted molar refractivity (Wildman–Crippen MR) is 196 cm³/mol. The summed E-state index contributed by atoms with van der Waals surface area (Å²) in [5, 5.41) is 18.7. The Bertz CT molecular complexity index is 1590. The summed E-state index contributed by atoms with van der Waals surface area (Å²) in [6.07, 6.45) is 9.19. The van der Waals surface area contributed by atoms with Gasteiger partial charge in [0.25, 0.3) is 5.91 Å². The SMILES string of the molecule is CC[C@@H]1C(=O)N(C)c2cnc(Nc3ccc(C(=O)NC4CCN(CCCC(=O)N[C@@](C)(C(=O)O)C(C)C)CC4)cc3OC)nc2N1C1CCCC1. The highest BCUT2D eigenvalue weighted by Gasteiger charge is 2.41. The molecule has 4 N–H and O–H groups in total. The molecule has 2 fully saturated rings. The van der Waals surface area contributed by atoms with E-state index in [0.717, 1.165) is 64.0 Å². The summed E-state index contributed by atoms with van der Waals surface area (Å²) < 4.78 is 5.67. The van der Waals surface area contributed by atoms with Gasteiger partial charge in [-0.2, -0.15) is 4.98 Å². The fourth-order valence-electron chi connectivity index (χ4n) is 7.33. The van der Waals surface area contributed by atoms with E-state index in [-0.39, 0.29) is 48.2 Å². The molecule has 2 aromatic rings. The van der Waals surface area contributed by atoms with Gasteiger partial charge in [-0.05, 0) is 76.1 Å². The highest BCUT2D eigenvalue weighted by Crippen LogP contribution is 2.40. The molecule has 0 unspecified atom stereocenters. The largest absolute Gasteiger partial charge is 0.495 e. The standard InChI is InChI=1S/C37H54N8O6/c1-7-28-34(48)43(5)29-22-38-36(41-32(29)45(28)26-11-8-9-12-26)40-27-15-14-24(21-30(27)51-6)33(47)39-25-16-19-44(20-17-25)18-10-13-31(46)42-37(4,23(2)3)35(49)50/h14-15,21-23,25-26,28H,7-13,16-20H2,1-6H3,(H,39,47)(H,42,46)(H,49,50)(H,38,40,41)/t28-,37-/m1/s1. The lowest BCUT2D eigenvalue weighted by molar-refractivity contribution is -0.149. The third-order valence-corrected chi connectivity index (χ3v) is 10.9. The van der Waals surface area contributed by atoms with E-state index >= 15 is 0 Å². The quantitative estimate of drug-likeness (QED) is 0.221. The topological polar surface area (TPSA) is 169 Å². The van der Waals surface area contributed by atoms with Crippen molar-refractivity contribution in [3.8, 4) is 5.75 Å². The van der Waals surface area contributed by atoms with E-state index < -0.39 is 11.5 Å². The maximum atomic E-state index is 13.3. The Hall–Kier alpha value is -4.46. The van der Waals surface area contributed by atoms with E-state index in [1.165, 1.54) is 0 Å². The number of carboxylic acid groups (broad SMARTS) is 1. The third kappa shape index (κ3) is 8.37. The zero-order valence-corrected chi connectivity index (χ0v) is 30.8. The molecule has 14 nitrogen and oxygen atoms in total. The van der Waals surface area contributed by atoms with Crippen LogP contribution in [-0.2, 0) is 14.4 Å². The lowest BCUT2D eigenvalue weighted by Gasteiger charge is -2.43. The van der Waals surface area contributed by atoms with Gasteiger partial charge in [0.1, 0.15) is 23.0 Å². The Morgan fingerprint density at radius 3 is 2.45 bits per heavy atom. The van der Waals surface area contributed by atoms with Crippen LogP contribution in [0.25, 0.3) is 0 Å². The summed E-state index contributed by atoms with van der Waals surface area (Å²) in [4.78, 5) is 66.2. The molecule has 0 spiro atoms. The average Bonchev–Trinajstić information content (AvgIpc) is 3.65. The van der Waals surface area contributed by atoms with Gasteiger partial charge in [0.15, 0.2) is 5.82 Å². The number of anilines is 4. The number of methoxy groups -OCH3 is 1. The van der Waals surface area contributed by atoms with Gasteiger partial charge in [-0.3, -0.25) is 14.4 Å². The molecule has 1 saturated heterocycles. The van der Waals surface area contributed by atoms with E-state index in [9.17, 15) is 24.3 Å². The predicted octanol–water partition coefficient (Wildman–Crippen LogP) is 4.32. The van der Waals surface area contributed by atoms with Crippen LogP contribution in [0.15, 0.2) is 24.4 Å². The number of piperidine rings is 1. The summed E-state index contributed by atoms with van der Waals surface area (Å²) in [7, 11) is 3.33. The van der Waals surface area contributed by atoms with Gasteiger partial charge >= 0.3 is 5.97 Å². The van der Waals surface area contributed by atoms with Crippen LogP contribution in [0.3, 0.4) is 0 Å². The molecule has 278 valence electrons. The highest BCUT2D eigenvalue weighted by molar-refractivity contribution is 6.04. The molecule has 1 aromatic heterocycles. The van der Waals surface area contributed by atoms with Gasteiger partial charge in [-0.25, -0.2) is 9.78 Å². The van der Waals surface area contributed by atoms with E-state index in [0.29, 0.717) is 41.5 Å². The fourth-order valence-corrected chi connectivity index (χ4v) is 7.33. The number of benzene rings is 1. The van der Waals surface area contributed by atoms with Crippen molar-refractivity contribution in [1.29, 1.82) is 0 Å². The minimum Gasteiger partial charge on any atom is -0.495 e. The Kier molecular flexibility index (Phi) is 12.0. The van der Waals surface area contributed by atoms with Crippen LogP contribution < -0.4 is 30.5 Å². The van der Waals surface area contributed by atoms with Crippen LogP contribution in [0.4, 0.5) is 23.1 Å². The number of nitrogens with zero attached hydrogens (tertiary/aromatic N) is 5. The molecule has 3 amide bonds. The number of aliphatic carboxylic acids is 1. The fraction of sp³-hybridized carbons (Fsp3) is 0.622. The van der Waals surface area contributed by atoms with Crippen molar-refractivity contribution in [3.63, 3.8) is 0 Å². The number of hydrogen-bond donors (Lipinski definition) is 4. The molecular formula is C37H54N8O6. The van der Waals surface area contributed by atoms with Gasteiger partial charge in [-0.1, -0.05) is 33.6 Å². The number of nitrogens with one attached hydrogen (secondary N) is 3. The number of hydrogen-bond acceptors (Lipinski definition) is 10. The molecular weight excluding hydrogens is 652 g/mol. The molecule has 0 radical (unpaired) electrons. The van der Waals surface area contributed by atoms with Crippen LogP contribution in [0, 0.1) is 5.92 Å². The van der Waals surface area contributed by atoms with E-state index in [1.807, 2.05) is 6.92 Å². The summed E-state index contributed by atoms with van der Waals surface area (Å²) in [5.74, 6) is -0.0414. The van der Waals surface area contributed by atoms with Crippen molar-refractivity contribution in [3.05, 3.63) is 30.0 Å². The maximum absolute atomic E-state index is 13.3. The maximum Gasteiger partial charge on any atom is 0.329 e. The summed E-state index contributed by atoms with van der Waals surface area (Å²) in [6, 6.07) is 5.26. The lowest BCUT2D eigenvalue weighted by Crippen LogP contribution is -2.55. The van der Waals surface area contributed by atoms with Gasteiger partial charge < -0.3 is 40.5 Å². The number of carboxylic acids is 1. The molecule has 2 aliphatic heterocycles. The molecule has 1 aliphatic carbocycles. The van der Waals surface area contributed by atoms with Crippen LogP contribution in [0.5, 0.6) is 5.75 Å². The number of likely N-dealkylation sites (tertiary alicyclic amines) is 1. The Labute approximate surface area is 300 Å². The Morgan fingerprint density at radius 2 is 1.82 bits per heavy atom. The summed E-state index contributed by atoms with van der Waals surface area (Å²) in [5.41, 5.74) is 0.500. The first-order valence-electron chi connectivity index (χ1n) is 18.3. The van der Waals surface area contributed by atoms with Crippen LogP contribution in [0.1, 0.15) is 95.8 Å². The minimum atomic E-state index is -1.29. The van der Waals surface area contributed by atoms with Gasteiger partial charge in [0.2, 0.25) is 17.8 Å². The van der Waals surface area contributed by atoms with Crippen molar-refractivity contribution >= 4 is 46.8 Å². The molecule has 2 atom stereocenters. The van der Waals surface area contributed by atoms with Crippen LogP contribution >= 0.6 is 0 Å². The van der Waals surface area contributed by atoms with Crippen LogP contribution in [0.2, 0.25) is 0 Å².